The number of carbonyl (C=O) groups excluding carboxylic acids is 1. The van der Waals surface area contributed by atoms with Gasteiger partial charge in [-0.25, -0.2) is 0 Å². The Morgan fingerprint density at radius 2 is 2.20 bits per heavy atom. The Hall–Kier alpha value is -1.47. The van der Waals surface area contributed by atoms with Crippen LogP contribution in [0.5, 0.6) is 0 Å². The molecular formula is C13H18N4OS2. The van der Waals surface area contributed by atoms with Crippen molar-refractivity contribution in [3.8, 4) is 0 Å². The van der Waals surface area contributed by atoms with Gasteiger partial charge in [-0.1, -0.05) is 25.2 Å². The maximum Gasteiger partial charge on any atom is 0.221 e. The minimum atomic E-state index is -0.0558. The molecule has 7 heteroatoms. The molecular weight excluding hydrogens is 292 g/mol. The van der Waals surface area contributed by atoms with E-state index in [0.717, 1.165) is 27.1 Å². The van der Waals surface area contributed by atoms with Crippen molar-refractivity contribution in [2.45, 2.75) is 33.7 Å². The van der Waals surface area contributed by atoms with Crippen LogP contribution in [0.15, 0.2) is 11.4 Å². The Bertz CT molecular complexity index is 576. The SMILES string of the molecule is CC(=O)Nc1ccsc1CNc1nnc(CC(C)C)s1. The summed E-state index contributed by atoms with van der Waals surface area (Å²) in [4.78, 5) is 12.2. The quantitative estimate of drug-likeness (QED) is 0.858. The Morgan fingerprint density at radius 1 is 1.40 bits per heavy atom. The third-order valence-electron chi connectivity index (χ3n) is 2.51. The molecule has 0 fully saturated rings. The summed E-state index contributed by atoms with van der Waals surface area (Å²) in [5, 5.41) is 18.2. The molecule has 2 heterocycles. The molecule has 0 saturated carbocycles. The lowest BCUT2D eigenvalue weighted by molar-refractivity contribution is -0.114. The molecule has 0 radical (unpaired) electrons. The van der Waals surface area contributed by atoms with Gasteiger partial charge < -0.3 is 10.6 Å². The highest BCUT2D eigenvalue weighted by Crippen LogP contribution is 2.25. The minimum Gasteiger partial charge on any atom is -0.355 e. The summed E-state index contributed by atoms with van der Waals surface area (Å²) in [5.74, 6) is 0.527. The zero-order valence-electron chi connectivity index (χ0n) is 11.8. The topological polar surface area (TPSA) is 66.9 Å². The molecule has 0 aromatic carbocycles. The molecule has 2 N–H and O–H groups in total. The monoisotopic (exact) mass is 310 g/mol. The second-order valence-corrected chi connectivity index (χ2v) is 6.95. The van der Waals surface area contributed by atoms with E-state index >= 15 is 0 Å². The van der Waals surface area contributed by atoms with Crippen LogP contribution in [0.4, 0.5) is 10.8 Å². The molecule has 2 aromatic heterocycles. The van der Waals surface area contributed by atoms with Crippen LogP contribution in [0.2, 0.25) is 0 Å². The van der Waals surface area contributed by atoms with Crippen LogP contribution in [0.3, 0.4) is 0 Å². The van der Waals surface area contributed by atoms with Gasteiger partial charge in [0.05, 0.1) is 12.2 Å². The molecule has 0 unspecified atom stereocenters. The first-order chi connectivity index (χ1) is 9.54. The fraction of sp³-hybridized carbons (Fsp3) is 0.462. The number of nitrogens with zero attached hydrogens (tertiary/aromatic N) is 2. The fourth-order valence-electron chi connectivity index (χ4n) is 1.69. The molecule has 1 amide bonds. The van der Waals surface area contributed by atoms with Crippen LogP contribution in [0.1, 0.15) is 30.7 Å². The van der Waals surface area contributed by atoms with E-state index in [-0.39, 0.29) is 5.91 Å². The Balaban J connectivity index is 1.93. The number of rotatable bonds is 6. The molecule has 2 rings (SSSR count). The van der Waals surface area contributed by atoms with Crippen LogP contribution in [-0.2, 0) is 17.8 Å². The lowest BCUT2D eigenvalue weighted by atomic mass is 10.1. The average molecular weight is 310 g/mol. The zero-order valence-corrected chi connectivity index (χ0v) is 13.4. The highest BCUT2D eigenvalue weighted by atomic mass is 32.1. The highest BCUT2D eigenvalue weighted by molar-refractivity contribution is 7.15. The average Bonchev–Trinajstić information content (AvgIpc) is 2.95. The Morgan fingerprint density at radius 3 is 2.90 bits per heavy atom. The molecule has 2 aromatic rings. The number of aromatic nitrogens is 2. The summed E-state index contributed by atoms with van der Waals surface area (Å²) in [7, 11) is 0. The third-order valence-corrected chi connectivity index (χ3v) is 4.33. The predicted octanol–water partition coefficient (Wildman–Crippen LogP) is 3.37. The molecule has 20 heavy (non-hydrogen) atoms. The summed E-state index contributed by atoms with van der Waals surface area (Å²) in [6, 6.07) is 1.91. The van der Waals surface area contributed by atoms with Gasteiger partial charge in [-0.15, -0.1) is 21.5 Å². The summed E-state index contributed by atoms with van der Waals surface area (Å²) in [5.41, 5.74) is 0.863. The van der Waals surface area contributed by atoms with E-state index in [1.54, 1.807) is 22.7 Å². The fourth-order valence-corrected chi connectivity index (χ4v) is 3.41. The maximum absolute atomic E-state index is 11.1. The molecule has 0 spiro atoms. The highest BCUT2D eigenvalue weighted by Gasteiger charge is 2.09. The van der Waals surface area contributed by atoms with Gasteiger partial charge in [0.15, 0.2) is 0 Å². The van der Waals surface area contributed by atoms with E-state index in [2.05, 4.69) is 34.7 Å². The largest absolute Gasteiger partial charge is 0.355 e. The third kappa shape index (κ3) is 4.28. The number of carbonyl (C=O) groups is 1. The Labute approximate surface area is 126 Å². The van der Waals surface area contributed by atoms with Gasteiger partial charge in [0.2, 0.25) is 11.0 Å². The number of thiophene rings is 1. The molecule has 0 saturated heterocycles. The van der Waals surface area contributed by atoms with E-state index < -0.39 is 0 Å². The predicted molar refractivity (Wildman–Crippen MR) is 84.4 cm³/mol. The maximum atomic E-state index is 11.1. The van der Waals surface area contributed by atoms with Crippen molar-refractivity contribution >= 4 is 39.4 Å². The smallest absolute Gasteiger partial charge is 0.221 e. The van der Waals surface area contributed by atoms with Gasteiger partial charge in [-0.05, 0) is 17.4 Å². The van der Waals surface area contributed by atoms with E-state index in [4.69, 9.17) is 0 Å². The molecule has 5 nitrogen and oxygen atoms in total. The van der Waals surface area contributed by atoms with Gasteiger partial charge in [-0.2, -0.15) is 0 Å². The van der Waals surface area contributed by atoms with E-state index in [1.807, 2.05) is 11.4 Å². The van der Waals surface area contributed by atoms with Gasteiger partial charge in [0.1, 0.15) is 5.01 Å². The number of anilines is 2. The summed E-state index contributed by atoms with van der Waals surface area (Å²) >= 11 is 3.19. The molecule has 0 aliphatic rings. The zero-order chi connectivity index (χ0) is 14.5. The first-order valence-electron chi connectivity index (χ1n) is 6.45. The molecule has 0 aliphatic carbocycles. The van der Waals surface area contributed by atoms with Gasteiger partial charge in [0.25, 0.3) is 0 Å². The standard InChI is InChI=1S/C13H18N4OS2/c1-8(2)6-12-16-17-13(20-12)14-7-11-10(4-5-19-11)15-9(3)18/h4-5,8H,6-7H2,1-3H3,(H,14,17)(H,15,18). The number of hydrogen-bond acceptors (Lipinski definition) is 6. The van der Waals surface area contributed by atoms with Crippen molar-refractivity contribution in [3.05, 3.63) is 21.3 Å². The molecule has 0 aliphatic heterocycles. The summed E-state index contributed by atoms with van der Waals surface area (Å²) in [6.07, 6.45) is 0.954. The van der Waals surface area contributed by atoms with Crippen molar-refractivity contribution in [1.29, 1.82) is 0 Å². The first-order valence-corrected chi connectivity index (χ1v) is 8.14. The lowest BCUT2D eigenvalue weighted by Crippen LogP contribution is -2.08. The van der Waals surface area contributed by atoms with Crippen LogP contribution in [0.25, 0.3) is 0 Å². The molecule has 0 bridgehead atoms. The van der Waals surface area contributed by atoms with Crippen LogP contribution >= 0.6 is 22.7 Å². The lowest BCUT2D eigenvalue weighted by Gasteiger charge is -2.04. The number of hydrogen-bond donors (Lipinski definition) is 2. The minimum absolute atomic E-state index is 0.0558. The summed E-state index contributed by atoms with van der Waals surface area (Å²) in [6.45, 7) is 6.49. The molecule has 0 atom stereocenters. The summed E-state index contributed by atoms with van der Waals surface area (Å²) < 4.78 is 0. The Kier molecular flexibility index (Phi) is 5.08. The second-order valence-electron chi connectivity index (χ2n) is 4.89. The van der Waals surface area contributed by atoms with Crippen LogP contribution < -0.4 is 10.6 Å². The normalized spacial score (nSPS) is 10.8. The van der Waals surface area contributed by atoms with Crippen molar-refractivity contribution in [2.24, 2.45) is 5.92 Å². The second kappa shape index (κ2) is 6.81. The number of amides is 1. The van der Waals surface area contributed by atoms with Crippen molar-refractivity contribution in [3.63, 3.8) is 0 Å². The van der Waals surface area contributed by atoms with Gasteiger partial charge in [0, 0.05) is 18.2 Å². The van der Waals surface area contributed by atoms with Crippen molar-refractivity contribution < 1.29 is 4.79 Å². The molecule has 108 valence electrons. The van der Waals surface area contributed by atoms with Crippen molar-refractivity contribution in [1.82, 2.24) is 10.2 Å². The van der Waals surface area contributed by atoms with Gasteiger partial charge in [-0.3, -0.25) is 4.79 Å². The first kappa shape index (κ1) is 14.9. The number of nitrogens with one attached hydrogen (secondary N) is 2. The van der Waals surface area contributed by atoms with Crippen molar-refractivity contribution in [2.75, 3.05) is 10.6 Å². The van der Waals surface area contributed by atoms with Gasteiger partial charge >= 0.3 is 0 Å². The van der Waals surface area contributed by atoms with Crippen LogP contribution in [0, 0.1) is 5.92 Å². The van der Waals surface area contributed by atoms with E-state index in [1.165, 1.54) is 6.92 Å². The van der Waals surface area contributed by atoms with E-state index in [0.29, 0.717) is 12.5 Å². The van der Waals surface area contributed by atoms with Crippen LogP contribution in [-0.4, -0.2) is 16.1 Å². The van der Waals surface area contributed by atoms with E-state index in [9.17, 15) is 4.79 Å².